The smallest absolute Gasteiger partial charge is 0.257 e. The molecule has 0 heterocycles. The van der Waals surface area contributed by atoms with Crippen molar-refractivity contribution in [2.45, 2.75) is 12.2 Å². The molecule has 0 bridgehead atoms. The number of aldehydes is 1. The first-order valence-electron chi connectivity index (χ1n) is 2.53. The Hall–Kier alpha value is -0.385. The number of hydrogen-bond donors (Lipinski definition) is 2. The minimum absolute atomic E-state index is 0.324. The van der Waals surface area contributed by atoms with Gasteiger partial charge in [-0.2, -0.15) is 0 Å². The van der Waals surface area contributed by atoms with Gasteiger partial charge in [0.05, 0.1) is 12.7 Å². The zero-order valence-electron chi connectivity index (χ0n) is 5.15. The van der Waals surface area contributed by atoms with E-state index in [1.165, 1.54) is 8.05 Å². The minimum Gasteiger partial charge on any atom is -0.436 e. The fourth-order valence-electron chi connectivity index (χ4n) is 0.410. The van der Waals surface area contributed by atoms with Crippen molar-refractivity contribution in [3.05, 3.63) is 0 Å². The van der Waals surface area contributed by atoms with Crippen molar-refractivity contribution < 1.29 is 19.7 Å². The maximum absolute atomic E-state index is 9.82. The number of rotatable bonds is 4. The van der Waals surface area contributed by atoms with Gasteiger partial charge in [-0.15, -0.1) is 0 Å². The van der Waals surface area contributed by atoms with Gasteiger partial charge in [-0.1, -0.05) is 0 Å². The summed E-state index contributed by atoms with van der Waals surface area (Å²) in [5.74, 6) is 0. The van der Waals surface area contributed by atoms with Crippen LogP contribution in [0.15, 0.2) is 0 Å². The van der Waals surface area contributed by atoms with Crippen LogP contribution in [-0.2, 0) is 9.45 Å². The van der Waals surface area contributed by atoms with E-state index in [1.807, 2.05) is 0 Å². The Morgan fingerprint density at radius 2 is 2.33 bits per heavy atom. The number of carbonyl (C=O) groups excluding carboxylic acids is 1. The third-order valence-corrected chi connectivity index (χ3v) is 1.00. The van der Waals surface area contributed by atoms with E-state index < -0.39 is 12.2 Å². The summed E-state index contributed by atoms with van der Waals surface area (Å²) < 4.78 is 4.52. The van der Waals surface area contributed by atoms with Crippen LogP contribution in [0, 0.1) is 0 Å². The number of hydrogen-bond acceptors (Lipinski definition) is 4. The lowest BCUT2D eigenvalue weighted by Crippen LogP contribution is -2.32. The molecule has 0 aromatic rings. The average Bonchev–Trinajstić information content (AvgIpc) is 1.90. The topological polar surface area (TPSA) is 66.8 Å². The van der Waals surface area contributed by atoms with E-state index in [-0.39, 0.29) is 6.61 Å². The van der Waals surface area contributed by atoms with Gasteiger partial charge in [0.2, 0.25) is 0 Å². The van der Waals surface area contributed by atoms with Crippen LogP contribution < -0.4 is 0 Å². The summed E-state index contributed by atoms with van der Waals surface area (Å²) in [6.07, 6.45) is -1.69. The van der Waals surface area contributed by atoms with E-state index >= 15 is 0 Å². The highest BCUT2D eigenvalue weighted by Crippen LogP contribution is 1.92. The summed E-state index contributed by atoms with van der Waals surface area (Å²) in [4.78, 5) is 9.82. The van der Waals surface area contributed by atoms with Crippen molar-refractivity contribution in [3.8, 4) is 0 Å². The zero-order chi connectivity index (χ0) is 7.28. The second kappa shape index (κ2) is 4.49. The van der Waals surface area contributed by atoms with Gasteiger partial charge in [-0.05, 0) is 0 Å². The molecule has 0 saturated heterocycles. The average molecular weight is 132 g/mol. The zero-order valence-corrected chi connectivity index (χ0v) is 5.15. The van der Waals surface area contributed by atoms with Gasteiger partial charge in [-0.25, -0.2) is 0 Å². The molecule has 0 rings (SSSR count). The van der Waals surface area contributed by atoms with E-state index in [9.17, 15) is 4.79 Å². The number of carbonyl (C=O) groups is 1. The molecule has 0 aromatic heterocycles. The summed E-state index contributed by atoms with van der Waals surface area (Å²) in [5.41, 5.74) is 0. The van der Waals surface area contributed by atoms with Crippen LogP contribution in [0.1, 0.15) is 0 Å². The number of aliphatic hydroxyl groups excluding tert-OH is 2. The van der Waals surface area contributed by atoms with Gasteiger partial charge in [-0.3, -0.25) is 0 Å². The Kier molecular flexibility index (Phi) is 4.30. The van der Waals surface area contributed by atoms with Crippen molar-refractivity contribution in [2.75, 3.05) is 6.61 Å². The molecule has 52 valence electrons. The molecular weight excluding hydrogens is 123 g/mol. The molecule has 0 aliphatic carbocycles. The van der Waals surface area contributed by atoms with E-state index in [0.29, 0.717) is 6.29 Å². The summed E-state index contributed by atoms with van der Waals surface area (Å²) in [5, 5.41) is 17.0. The highest BCUT2D eigenvalue weighted by atomic mass is 16.5. The summed E-state index contributed by atoms with van der Waals surface area (Å²) in [6.45, 7) is -0.351. The summed E-state index contributed by atoms with van der Waals surface area (Å²) in [6, 6.07) is 0. The molecule has 1 unspecified atom stereocenters. The molecule has 4 nitrogen and oxygen atoms in total. The standard InChI is InChI=1S/C4H9BO4/c5-9-4(2-7)3(8)1-6/h1,3-4,7-8H,2,5H2/t3?,4-/m1/s1. The first-order chi connectivity index (χ1) is 4.26. The maximum atomic E-state index is 9.82. The van der Waals surface area contributed by atoms with Gasteiger partial charge >= 0.3 is 0 Å². The Labute approximate surface area is 53.9 Å². The third kappa shape index (κ3) is 2.60. The van der Waals surface area contributed by atoms with Crippen LogP contribution in [0.2, 0.25) is 0 Å². The molecule has 0 aliphatic rings. The van der Waals surface area contributed by atoms with Crippen LogP contribution in [-0.4, -0.2) is 43.4 Å². The van der Waals surface area contributed by atoms with Crippen molar-refractivity contribution in [2.24, 2.45) is 0 Å². The molecule has 0 radical (unpaired) electrons. The molecule has 0 spiro atoms. The van der Waals surface area contributed by atoms with Crippen molar-refractivity contribution in [3.63, 3.8) is 0 Å². The lowest BCUT2D eigenvalue weighted by Gasteiger charge is -2.13. The maximum Gasteiger partial charge on any atom is 0.257 e. The highest BCUT2D eigenvalue weighted by Gasteiger charge is 2.14. The lowest BCUT2D eigenvalue weighted by molar-refractivity contribution is -0.120. The molecule has 0 saturated carbocycles. The predicted octanol–water partition coefficient (Wildman–Crippen LogP) is -2.53. The van der Waals surface area contributed by atoms with Gasteiger partial charge in [0, 0.05) is 0 Å². The predicted molar refractivity (Wildman–Crippen MR) is 32.6 cm³/mol. The van der Waals surface area contributed by atoms with Crippen LogP contribution in [0.25, 0.3) is 0 Å². The third-order valence-electron chi connectivity index (χ3n) is 1.00. The molecule has 2 N–H and O–H groups in total. The van der Waals surface area contributed by atoms with Gasteiger partial charge in [0.1, 0.15) is 6.10 Å². The normalized spacial score (nSPS) is 16.7. The fourth-order valence-corrected chi connectivity index (χ4v) is 0.410. The monoisotopic (exact) mass is 132 g/mol. The second-order valence-corrected chi connectivity index (χ2v) is 1.58. The molecule has 0 aliphatic heterocycles. The van der Waals surface area contributed by atoms with Gasteiger partial charge in [0.25, 0.3) is 8.05 Å². The molecule has 5 heteroatoms. The molecule has 2 atom stereocenters. The van der Waals surface area contributed by atoms with E-state index in [2.05, 4.69) is 4.65 Å². The second-order valence-electron chi connectivity index (χ2n) is 1.58. The van der Waals surface area contributed by atoms with Crippen molar-refractivity contribution >= 4 is 14.3 Å². The van der Waals surface area contributed by atoms with E-state index in [0.717, 1.165) is 0 Å². The summed E-state index contributed by atoms with van der Waals surface area (Å²) >= 11 is 0. The molecule has 0 amide bonds. The van der Waals surface area contributed by atoms with Gasteiger partial charge < -0.3 is 19.7 Å². The highest BCUT2D eigenvalue weighted by molar-refractivity contribution is 5.98. The fraction of sp³-hybridized carbons (Fsp3) is 0.750. The Morgan fingerprint density at radius 3 is 2.44 bits per heavy atom. The van der Waals surface area contributed by atoms with Crippen molar-refractivity contribution in [1.82, 2.24) is 0 Å². The summed E-state index contributed by atoms with van der Waals surface area (Å²) in [7, 11) is 1.31. The van der Waals surface area contributed by atoms with Crippen LogP contribution in [0.4, 0.5) is 0 Å². The van der Waals surface area contributed by atoms with Crippen LogP contribution >= 0.6 is 0 Å². The largest absolute Gasteiger partial charge is 0.436 e. The van der Waals surface area contributed by atoms with Crippen LogP contribution in [0.3, 0.4) is 0 Å². The number of aliphatic hydroxyl groups is 2. The van der Waals surface area contributed by atoms with E-state index in [1.54, 1.807) is 0 Å². The van der Waals surface area contributed by atoms with Crippen LogP contribution in [0.5, 0.6) is 0 Å². The lowest BCUT2D eigenvalue weighted by atomic mass is 10.2. The Bertz CT molecular complexity index is 82.6. The Balaban J connectivity index is 3.63. The molecule has 0 aromatic carbocycles. The molecular formula is C4H9BO4. The molecule has 0 fully saturated rings. The molecule has 9 heavy (non-hydrogen) atoms. The minimum atomic E-state index is -1.22. The first kappa shape index (κ1) is 8.61. The van der Waals surface area contributed by atoms with Crippen molar-refractivity contribution in [1.29, 1.82) is 0 Å². The SMILES string of the molecule is BO[C@H](CO)C(O)C=O. The quantitative estimate of drug-likeness (QED) is 0.327. The van der Waals surface area contributed by atoms with Gasteiger partial charge in [0.15, 0.2) is 6.29 Å². The van der Waals surface area contributed by atoms with E-state index in [4.69, 9.17) is 10.2 Å². The first-order valence-corrected chi connectivity index (χ1v) is 2.53. The Morgan fingerprint density at radius 1 is 1.78 bits per heavy atom.